The van der Waals surface area contributed by atoms with Crippen molar-refractivity contribution in [2.75, 3.05) is 0 Å². The molecule has 0 bridgehead atoms. The number of rotatable bonds is 2. The molecular formula is C12H9Cl2NOS. The number of aromatic nitrogens is 1. The van der Waals surface area contributed by atoms with Crippen molar-refractivity contribution in [3.8, 4) is 10.6 Å². The molecule has 2 nitrogen and oxygen atoms in total. The van der Waals surface area contributed by atoms with E-state index in [2.05, 4.69) is 4.98 Å². The molecule has 0 fully saturated rings. The molecule has 0 aliphatic carbocycles. The van der Waals surface area contributed by atoms with Crippen LogP contribution in [0.2, 0.25) is 10.0 Å². The topological polar surface area (TPSA) is 30.0 Å². The first-order chi connectivity index (χ1) is 8.00. The number of nitrogens with zero attached hydrogens (tertiary/aromatic N) is 1. The highest BCUT2D eigenvalue weighted by atomic mass is 35.5. The van der Waals surface area contributed by atoms with Gasteiger partial charge in [-0.15, -0.1) is 11.3 Å². The highest BCUT2D eigenvalue weighted by Crippen LogP contribution is 2.37. The van der Waals surface area contributed by atoms with Crippen LogP contribution in [0.5, 0.6) is 0 Å². The van der Waals surface area contributed by atoms with E-state index in [9.17, 15) is 4.79 Å². The molecule has 0 saturated carbocycles. The first-order valence-corrected chi connectivity index (χ1v) is 6.50. The second-order valence-corrected chi connectivity index (χ2v) is 5.40. The number of carbonyl (C=O) groups is 1. The Bertz CT molecular complexity index is 572. The summed E-state index contributed by atoms with van der Waals surface area (Å²) in [5, 5.41) is 1.77. The number of Topliss-reactive ketones (excluding diaryl/α,β-unsaturated/α-hetero) is 1. The molecule has 0 saturated heterocycles. The Hall–Kier alpha value is -0.900. The van der Waals surface area contributed by atoms with Gasteiger partial charge in [0.25, 0.3) is 0 Å². The zero-order chi connectivity index (χ0) is 12.6. The van der Waals surface area contributed by atoms with Crippen molar-refractivity contribution in [2.45, 2.75) is 13.8 Å². The number of halogens is 2. The lowest BCUT2D eigenvalue weighted by molar-refractivity contribution is 0.102. The molecule has 0 N–H and O–H groups in total. The van der Waals surface area contributed by atoms with Gasteiger partial charge in [-0.25, -0.2) is 4.98 Å². The molecule has 0 radical (unpaired) electrons. The Morgan fingerprint density at radius 1 is 1.29 bits per heavy atom. The Labute approximate surface area is 113 Å². The van der Waals surface area contributed by atoms with E-state index in [0.29, 0.717) is 31.2 Å². The first kappa shape index (κ1) is 12.6. The van der Waals surface area contributed by atoms with Crippen molar-refractivity contribution in [1.82, 2.24) is 4.98 Å². The average Bonchev–Trinajstić information content (AvgIpc) is 2.60. The molecule has 0 unspecified atom stereocenters. The van der Waals surface area contributed by atoms with E-state index in [1.165, 1.54) is 18.3 Å². The van der Waals surface area contributed by atoms with Crippen LogP contribution in [0.3, 0.4) is 0 Å². The number of hydrogen-bond acceptors (Lipinski definition) is 3. The lowest BCUT2D eigenvalue weighted by atomic mass is 10.2. The molecule has 88 valence electrons. The maximum atomic E-state index is 11.4. The molecule has 2 rings (SSSR count). The second kappa shape index (κ2) is 4.77. The second-order valence-electron chi connectivity index (χ2n) is 3.59. The van der Waals surface area contributed by atoms with Gasteiger partial charge in [0.1, 0.15) is 5.01 Å². The van der Waals surface area contributed by atoms with Crippen LogP contribution in [0.1, 0.15) is 22.3 Å². The third-order valence-corrected chi connectivity index (χ3v) is 4.20. The normalized spacial score (nSPS) is 10.6. The van der Waals surface area contributed by atoms with E-state index >= 15 is 0 Å². The summed E-state index contributed by atoms with van der Waals surface area (Å²) < 4.78 is 0. The van der Waals surface area contributed by atoms with Gasteiger partial charge in [-0.05, 0) is 19.1 Å². The van der Waals surface area contributed by atoms with Crippen molar-refractivity contribution in [3.63, 3.8) is 0 Å². The maximum Gasteiger partial charge on any atom is 0.171 e. The third-order valence-electron chi connectivity index (χ3n) is 2.29. The average molecular weight is 286 g/mol. The summed E-state index contributed by atoms with van der Waals surface area (Å²) in [5.41, 5.74) is 1.41. The minimum absolute atomic E-state index is 0.00873. The lowest BCUT2D eigenvalue weighted by Crippen LogP contribution is -1.89. The number of carbonyl (C=O) groups excluding carboxylic acids is 1. The van der Waals surface area contributed by atoms with Crippen LogP contribution in [-0.4, -0.2) is 10.8 Å². The number of thiazole rings is 1. The summed E-state index contributed by atoms with van der Waals surface area (Å²) in [6.07, 6.45) is 0. The number of benzene rings is 1. The first-order valence-electron chi connectivity index (χ1n) is 4.93. The van der Waals surface area contributed by atoms with Crippen molar-refractivity contribution >= 4 is 40.3 Å². The highest BCUT2D eigenvalue weighted by Gasteiger charge is 2.16. The summed E-state index contributed by atoms with van der Waals surface area (Å²) in [6.45, 7) is 3.33. The molecule has 0 atom stereocenters. The number of aryl methyl sites for hydroxylation is 1. The molecule has 5 heteroatoms. The van der Waals surface area contributed by atoms with Gasteiger partial charge in [-0.1, -0.05) is 29.3 Å². The Balaban J connectivity index is 2.62. The molecule has 1 aromatic carbocycles. The predicted octanol–water partition coefficient (Wildman–Crippen LogP) is 4.63. The zero-order valence-corrected chi connectivity index (χ0v) is 11.6. The largest absolute Gasteiger partial charge is 0.294 e. The zero-order valence-electron chi connectivity index (χ0n) is 9.25. The van der Waals surface area contributed by atoms with E-state index in [1.807, 2.05) is 6.92 Å². The summed E-state index contributed by atoms with van der Waals surface area (Å²) in [7, 11) is 0. The Kier molecular flexibility index (Phi) is 3.52. The molecule has 1 heterocycles. The van der Waals surface area contributed by atoms with Crippen molar-refractivity contribution in [2.24, 2.45) is 0 Å². The third kappa shape index (κ3) is 2.37. The highest BCUT2D eigenvalue weighted by molar-refractivity contribution is 7.17. The van der Waals surface area contributed by atoms with Gasteiger partial charge >= 0.3 is 0 Å². The van der Waals surface area contributed by atoms with Crippen LogP contribution in [-0.2, 0) is 0 Å². The van der Waals surface area contributed by atoms with Gasteiger partial charge in [0.2, 0.25) is 0 Å². The Morgan fingerprint density at radius 2 is 1.88 bits per heavy atom. The van der Waals surface area contributed by atoms with Crippen LogP contribution in [0.4, 0.5) is 0 Å². The molecule has 0 aliphatic heterocycles. The van der Waals surface area contributed by atoms with Crippen LogP contribution >= 0.6 is 34.5 Å². The minimum atomic E-state index is 0.00873. The Morgan fingerprint density at radius 3 is 2.35 bits per heavy atom. The predicted molar refractivity (Wildman–Crippen MR) is 72.3 cm³/mol. The van der Waals surface area contributed by atoms with Crippen LogP contribution in [0.15, 0.2) is 18.2 Å². The van der Waals surface area contributed by atoms with E-state index in [-0.39, 0.29) is 5.78 Å². The van der Waals surface area contributed by atoms with Crippen molar-refractivity contribution in [3.05, 3.63) is 38.8 Å². The fourth-order valence-corrected chi connectivity index (χ4v) is 3.26. The van der Waals surface area contributed by atoms with Gasteiger partial charge in [0.05, 0.1) is 20.6 Å². The summed E-state index contributed by atoms with van der Waals surface area (Å²) >= 11 is 13.5. The molecule has 0 amide bonds. The molecule has 2 aromatic rings. The standard InChI is InChI=1S/C12H9Cl2NOS/c1-6-11(7(2)16)17-12(15-6)10-8(13)4-3-5-9(10)14/h3-5H,1-2H3. The van der Waals surface area contributed by atoms with Gasteiger partial charge in [0.15, 0.2) is 5.78 Å². The molecule has 1 aromatic heterocycles. The monoisotopic (exact) mass is 285 g/mol. The molecular weight excluding hydrogens is 277 g/mol. The molecule has 0 spiro atoms. The summed E-state index contributed by atoms with van der Waals surface area (Å²) in [5.74, 6) is 0.00873. The van der Waals surface area contributed by atoms with E-state index in [4.69, 9.17) is 23.2 Å². The minimum Gasteiger partial charge on any atom is -0.294 e. The molecule has 17 heavy (non-hydrogen) atoms. The van der Waals surface area contributed by atoms with Crippen LogP contribution in [0, 0.1) is 6.92 Å². The van der Waals surface area contributed by atoms with Gasteiger partial charge in [-0.3, -0.25) is 4.79 Å². The number of ketones is 1. The smallest absolute Gasteiger partial charge is 0.171 e. The summed E-state index contributed by atoms with van der Waals surface area (Å²) in [6, 6.07) is 5.29. The molecule has 0 aliphatic rings. The van der Waals surface area contributed by atoms with Crippen molar-refractivity contribution in [1.29, 1.82) is 0 Å². The van der Waals surface area contributed by atoms with E-state index in [1.54, 1.807) is 18.2 Å². The fraction of sp³-hybridized carbons (Fsp3) is 0.167. The van der Waals surface area contributed by atoms with Crippen LogP contribution in [0.25, 0.3) is 10.6 Å². The quantitative estimate of drug-likeness (QED) is 0.753. The fourth-order valence-electron chi connectivity index (χ4n) is 1.53. The van der Waals surface area contributed by atoms with Gasteiger partial charge in [0, 0.05) is 12.5 Å². The van der Waals surface area contributed by atoms with Gasteiger partial charge < -0.3 is 0 Å². The van der Waals surface area contributed by atoms with Crippen LogP contribution < -0.4 is 0 Å². The SMILES string of the molecule is CC(=O)c1sc(-c2c(Cl)cccc2Cl)nc1C. The maximum absolute atomic E-state index is 11.4. The van der Waals surface area contributed by atoms with E-state index in [0.717, 1.165) is 0 Å². The van der Waals surface area contributed by atoms with Crippen molar-refractivity contribution < 1.29 is 4.79 Å². The number of hydrogen-bond donors (Lipinski definition) is 0. The lowest BCUT2D eigenvalue weighted by Gasteiger charge is -2.02. The van der Waals surface area contributed by atoms with E-state index < -0.39 is 0 Å². The van der Waals surface area contributed by atoms with Gasteiger partial charge in [-0.2, -0.15) is 0 Å². The summed E-state index contributed by atoms with van der Waals surface area (Å²) in [4.78, 5) is 16.4.